The summed E-state index contributed by atoms with van der Waals surface area (Å²) in [5.74, 6) is -15.0. The minimum atomic E-state index is -2.31. The van der Waals surface area contributed by atoms with Crippen molar-refractivity contribution in [2.75, 3.05) is 0 Å². The molecule has 0 nitrogen and oxygen atoms in total. The molecule has 0 bridgehead atoms. The molecule has 0 unspecified atom stereocenters. The van der Waals surface area contributed by atoms with Crippen molar-refractivity contribution in [2.45, 2.75) is 0 Å². The average molecular weight is 253 g/mol. The standard InChI is InChI=1S/C10F7/c11-3-1-2-4(7(14)6(3)13)8(15)10(17)9(16)5(2)12. The van der Waals surface area contributed by atoms with Gasteiger partial charge in [0.25, 0.3) is 0 Å². The molecule has 0 heterocycles. The minimum Gasteiger partial charge on any atom is -0.203 e. The van der Waals surface area contributed by atoms with Crippen LogP contribution in [-0.2, 0) is 0 Å². The zero-order chi connectivity index (χ0) is 12.9. The maximum atomic E-state index is 13.1. The normalized spacial score (nSPS) is 11.2. The topological polar surface area (TPSA) is 0 Å². The smallest absolute Gasteiger partial charge is 0.198 e. The second-order valence-corrected chi connectivity index (χ2v) is 3.07. The number of benzene rings is 2. The highest BCUT2D eigenvalue weighted by molar-refractivity contribution is 5.84. The lowest BCUT2D eigenvalue weighted by molar-refractivity contribution is 0.410. The molecule has 2 aromatic carbocycles. The summed E-state index contributed by atoms with van der Waals surface area (Å²) in [5.41, 5.74) is 0. The van der Waals surface area contributed by atoms with Gasteiger partial charge in [-0.3, -0.25) is 0 Å². The molecule has 17 heavy (non-hydrogen) atoms. The molecule has 0 fully saturated rings. The van der Waals surface area contributed by atoms with Gasteiger partial charge in [0.2, 0.25) is 0 Å². The van der Waals surface area contributed by atoms with Crippen LogP contribution >= 0.6 is 0 Å². The molecule has 0 aliphatic heterocycles. The van der Waals surface area contributed by atoms with Gasteiger partial charge in [-0.15, -0.1) is 0 Å². The Morgan fingerprint density at radius 3 is 1.59 bits per heavy atom. The van der Waals surface area contributed by atoms with Crippen LogP contribution in [0.4, 0.5) is 30.7 Å². The van der Waals surface area contributed by atoms with E-state index in [0.29, 0.717) is 0 Å². The van der Waals surface area contributed by atoms with Crippen molar-refractivity contribution in [3.8, 4) is 0 Å². The van der Waals surface area contributed by atoms with Crippen molar-refractivity contribution in [1.29, 1.82) is 0 Å². The summed E-state index contributed by atoms with van der Waals surface area (Å²) in [6.45, 7) is 0. The SMILES string of the molecule is Fc1[c]c2c(F)c(F)c(F)c(F)c2c(F)c1F. The van der Waals surface area contributed by atoms with Gasteiger partial charge in [0, 0.05) is 11.5 Å². The highest BCUT2D eigenvalue weighted by atomic mass is 19.2. The van der Waals surface area contributed by atoms with Gasteiger partial charge in [0.15, 0.2) is 40.7 Å². The first-order valence-electron chi connectivity index (χ1n) is 4.07. The number of rotatable bonds is 0. The quantitative estimate of drug-likeness (QED) is 0.382. The molecule has 0 N–H and O–H groups in total. The van der Waals surface area contributed by atoms with E-state index >= 15 is 0 Å². The van der Waals surface area contributed by atoms with E-state index in [1.54, 1.807) is 0 Å². The molecule has 0 saturated heterocycles. The van der Waals surface area contributed by atoms with Gasteiger partial charge in [-0.1, -0.05) is 0 Å². The third-order valence-electron chi connectivity index (χ3n) is 2.11. The third kappa shape index (κ3) is 1.45. The van der Waals surface area contributed by atoms with Crippen LogP contribution in [0, 0.1) is 46.8 Å². The summed E-state index contributed by atoms with van der Waals surface area (Å²) < 4.78 is 90.1. The highest BCUT2D eigenvalue weighted by Crippen LogP contribution is 2.30. The molecule has 0 amide bonds. The van der Waals surface area contributed by atoms with Crippen LogP contribution in [0.2, 0.25) is 0 Å². The Kier molecular flexibility index (Phi) is 2.48. The van der Waals surface area contributed by atoms with E-state index in [9.17, 15) is 30.7 Å². The lowest BCUT2D eigenvalue weighted by Gasteiger charge is -2.06. The van der Waals surface area contributed by atoms with Crippen LogP contribution in [0.1, 0.15) is 0 Å². The first-order chi connectivity index (χ1) is 7.86. The van der Waals surface area contributed by atoms with Gasteiger partial charge in [0.1, 0.15) is 0 Å². The monoisotopic (exact) mass is 253 g/mol. The Labute approximate surface area is 89.3 Å². The van der Waals surface area contributed by atoms with Gasteiger partial charge in [-0.25, -0.2) is 30.7 Å². The van der Waals surface area contributed by atoms with Gasteiger partial charge >= 0.3 is 0 Å². The number of fused-ring (bicyclic) bond motifs is 1. The van der Waals surface area contributed by atoms with E-state index < -0.39 is 51.5 Å². The lowest BCUT2D eigenvalue weighted by Crippen LogP contribution is -2.03. The largest absolute Gasteiger partial charge is 0.203 e. The molecule has 0 atom stereocenters. The Morgan fingerprint density at radius 2 is 1.00 bits per heavy atom. The molecule has 1 radical (unpaired) electrons. The fourth-order valence-electron chi connectivity index (χ4n) is 1.33. The Hall–Kier alpha value is -1.79. The number of halogens is 7. The van der Waals surface area contributed by atoms with Crippen molar-refractivity contribution >= 4 is 10.8 Å². The number of hydrogen-bond acceptors (Lipinski definition) is 0. The van der Waals surface area contributed by atoms with Crippen LogP contribution in [0.15, 0.2) is 0 Å². The van der Waals surface area contributed by atoms with E-state index in [-0.39, 0.29) is 0 Å². The van der Waals surface area contributed by atoms with E-state index in [4.69, 9.17) is 0 Å². The molecule has 0 saturated carbocycles. The second-order valence-electron chi connectivity index (χ2n) is 3.07. The second kappa shape index (κ2) is 3.61. The molecule has 89 valence electrons. The molecule has 2 rings (SSSR count). The van der Waals surface area contributed by atoms with Crippen molar-refractivity contribution in [2.24, 2.45) is 0 Å². The van der Waals surface area contributed by atoms with E-state index in [2.05, 4.69) is 0 Å². The summed E-state index contributed by atoms with van der Waals surface area (Å²) in [7, 11) is 0. The van der Waals surface area contributed by atoms with E-state index in [0.717, 1.165) is 0 Å². The summed E-state index contributed by atoms with van der Waals surface area (Å²) in [5, 5.41) is -2.86. The first kappa shape index (κ1) is 11.7. The third-order valence-corrected chi connectivity index (χ3v) is 2.11. The Morgan fingerprint density at radius 1 is 0.529 bits per heavy atom. The predicted molar refractivity (Wildman–Crippen MR) is 42.5 cm³/mol. The maximum absolute atomic E-state index is 13.1. The van der Waals surface area contributed by atoms with Crippen molar-refractivity contribution in [1.82, 2.24) is 0 Å². The van der Waals surface area contributed by atoms with Crippen molar-refractivity contribution < 1.29 is 30.7 Å². The fraction of sp³-hybridized carbons (Fsp3) is 0. The highest BCUT2D eigenvalue weighted by Gasteiger charge is 2.26. The lowest BCUT2D eigenvalue weighted by atomic mass is 10.1. The van der Waals surface area contributed by atoms with Crippen LogP contribution in [0.3, 0.4) is 0 Å². The molecular weight excluding hydrogens is 253 g/mol. The van der Waals surface area contributed by atoms with Gasteiger partial charge in [0.05, 0.1) is 5.39 Å². The molecule has 0 aliphatic rings. The summed E-state index contributed by atoms with van der Waals surface area (Å²) in [6.07, 6.45) is 0. The molecule has 0 aromatic heterocycles. The van der Waals surface area contributed by atoms with Crippen molar-refractivity contribution in [3.05, 3.63) is 46.8 Å². The zero-order valence-electron chi connectivity index (χ0n) is 7.65. The average Bonchev–Trinajstić information content (AvgIpc) is 2.30. The molecule has 7 heteroatoms. The first-order valence-corrected chi connectivity index (χ1v) is 4.07. The maximum Gasteiger partial charge on any atom is 0.198 e. The Bertz CT molecular complexity index is 625. The molecule has 0 spiro atoms. The van der Waals surface area contributed by atoms with Crippen LogP contribution < -0.4 is 0 Å². The van der Waals surface area contributed by atoms with Gasteiger partial charge < -0.3 is 0 Å². The fourth-order valence-corrected chi connectivity index (χ4v) is 1.33. The van der Waals surface area contributed by atoms with E-state index in [1.807, 2.05) is 0 Å². The van der Waals surface area contributed by atoms with Crippen LogP contribution in [0.25, 0.3) is 10.8 Å². The Balaban J connectivity index is 3.12. The van der Waals surface area contributed by atoms with E-state index in [1.165, 1.54) is 6.07 Å². The summed E-state index contributed by atoms with van der Waals surface area (Å²) >= 11 is 0. The van der Waals surface area contributed by atoms with Crippen LogP contribution in [0.5, 0.6) is 0 Å². The number of hydrogen-bond donors (Lipinski definition) is 0. The molecule has 0 aliphatic carbocycles. The summed E-state index contributed by atoms with van der Waals surface area (Å²) in [6, 6.07) is 1.27. The zero-order valence-corrected chi connectivity index (χ0v) is 7.65. The van der Waals surface area contributed by atoms with Crippen molar-refractivity contribution in [3.63, 3.8) is 0 Å². The minimum absolute atomic E-state index is 1.27. The predicted octanol–water partition coefficient (Wildman–Crippen LogP) is 3.61. The van der Waals surface area contributed by atoms with Gasteiger partial charge in [-0.05, 0) is 0 Å². The molecule has 2 aromatic rings. The summed E-state index contributed by atoms with van der Waals surface area (Å²) in [4.78, 5) is 0. The van der Waals surface area contributed by atoms with Crippen LogP contribution in [-0.4, -0.2) is 0 Å². The van der Waals surface area contributed by atoms with Gasteiger partial charge in [-0.2, -0.15) is 0 Å². The molecular formula is C10F7.